The average Bonchev–Trinajstić information content (AvgIpc) is 2.82. The van der Waals surface area contributed by atoms with Gasteiger partial charge < -0.3 is 10.6 Å². The first kappa shape index (κ1) is 19.0. The number of anilines is 1. The molecule has 0 unspecified atom stereocenters. The normalized spacial score (nSPS) is 25.5. The molecule has 1 spiro atoms. The number of imide groups is 1. The van der Waals surface area contributed by atoms with Crippen LogP contribution in [0.25, 0.3) is 0 Å². The van der Waals surface area contributed by atoms with E-state index in [-0.39, 0.29) is 17.5 Å². The third-order valence-corrected chi connectivity index (χ3v) is 5.84. The number of rotatable bonds is 4. The summed E-state index contributed by atoms with van der Waals surface area (Å²) in [6.07, 6.45) is 4.13. The van der Waals surface area contributed by atoms with E-state index in [4.69, 9.17) is 23.2 Å². The van der Waals surface area contributed by atoms with Gasteiger partial charge in [-0.15, -0.1) is 0 Å². The van der Waals surface area contributed by atoms with Crippen molar-refractivity contribution in [3.8, 4) is 0 Å². The molecule has 0 aromatic heterocycles. The zero-order valence-corrected chi connectivity index (χ0v) is 16.0. The highest BCUT2D eigenvalue weighted by Gasteiger charge is 2.52. The van der Waals surface area contributed by atoms with Gasteiger partial charge in [0.15, 0.2) is 0 Å². The summed E-state index contributed by atoms with van der Waals surface area (Å²) in [4.78, 5) is 38.4. The minimum Gasteiger partial charge on any atom is -0.323 e. The highest BCUT2D eigenvalue weighted by atomic mass is 35.5. The van der Waals surface area contributed by atoms with E-state index < -0.39 is 17.5 Å². The summed E-state index contributed by atoms with van der Waals surface area (Å²) in [5.74, 6) is -0.207. The molecule has 0 bridgehead atoms. The van der Waals surface area contributed by atoms with Crippen LogP contribution in [0.1, 0.15) is 39.0 Å². The summed E-state index contributed by atoms with van der Waals surface area (Å²) < 4.78 is 0. The first-order valence-corrected chi connectivity index (χ1v) is 9.49. The summed E-state index contributed by atoms with van der Waals surface area (Å²) >= 11 is 11.9. The molecule has 0 radical (unpaired) electrons. The number of benzene rings is 1. The molecule has 1 saturated heterocycles. The lowest BCUT2D eigenvalue weighted by Crippen LogP contribution is -2.49. The second-order valence-corrected chi connectivity index (χ2v) is 7.77. The molecule has 140 valence electrons. The second-order valence-electron chi connectivity index (χ2n) is 6.93. The smallest absolute Gasteiger partial charge is 0.323 e. The lowest BCUT2D eigenvalue weighted by Gasteiger charge is -2.34. The van der Waals surface area contributed by atoms with Crippen LogP contribution in [0.15, 0.2) is 18.2 Å². The summed E-state index contributed by atoms with van der Waals surface area (Å²) in [7, 11) is 0. The maximum absolute atomic E-state index is 12.8. The maximum Gasteiger partial charge on any atom is 0.325 e. The molecule has 1 aliphatic heterocycles. The molecule has 1 saturated carbocycles. The van der Waals surface area contributed by atoms with Crippen LogP contribution in [-0.4, -0.2) is 34.8 Å². The summed E-state index contributed by atoms with van der Waals surface area (Å²) in [6, 6.07) is 4.16. The Kier molecular flexibility index (Phi) is 5.44. The van der Waals surface area contributed by atoms with Crippen LogP contribution in [0.5, 0.6) is 0 Å². The largest absolute Gasteiger partial charge is 0.325 e. The molecule has 2 N–H and O–H groups in total. The standard InChI is InChI=1S/C18H21Cl2N3O3/c1-2-11-5-7-18(8-6-11)16(25)23(17(26)22-18)10-15(24)21-14-4-3-12(19)9-13(14)20/h3-4,9,11H,2,5-8,10H2,1H3,(H,21,24)(H,22,26). The molecule has 26 heavy (non-hydrogen) atoms. The molecule has 1 aromatic rings. The third-order valence-electron chi connectivity index (χ3n) is 5.29. The zero-order valence-electron chi connectivity index (χ0n) is 14.5. The Bertz CT molecular complexity index is 745. The first-order valence-electron chi connectivity index (χ1n) is 8.73. The number of nitrogens with one attached hydrogen (secondary N) is 2. The summed E-state index contributed by atoms with van der Waals surface area (Å²) in [6.45, 7) is 1.79. The van der Waals surface area contributed by atoms with Gasteiger partial charge in [0, 0.05) is 5.02 Å². The van der Waals surface area contributed by atoms with E-state index >= 15 is 0 Å². The minimum absolute atomic E-state index is 0.289. The second kappa shape index (κ2) is 7.45. The Morgan fingerprint density at radius 1 is 1.31 bits per heavy atom. The summed E-state index contributed by atoms with van der Waals surface area (Å²) in [5, 5.41) is 6.17. The van der Waals surface area contributed by atoms with Crippen molar-refractivity contribution in [1.82, 2.24) is 10.2 Å². The van der Waals surface area contributed by atoms with Crippen molar-refractivity contribution in [2.75, 3.05) is 11.9 Å². The molecule has 3 rings (SSSR count). The van der Waals surface area contributed by atoms with E-state index in [0.717, 1.165) is 24.2 Å². The van der Waals surface area contributed by atoms with Gasteiger partial charge in [-0.2, -0.15) is 0 Å². The summed E-state index contributed by atoms with van der Waals surface area (Å²) in [5.41, 5.74) is -0.465. The molecule has 4 amide bonds. The molecule has 0 atom stereocenters. The quantitative estimate of drug-likeness (QED) is 0.757. The van der Waals surface area contributed by atoms with Gasteiger partial charge in [-0.3, -0.25) is 14.5 Å². The molecular weight excluding hydrogens is 377 g/mol. The Morgan fingerprint density at radius 3 is 2.62 bits per heavy atom. The maximum atomic E-state index is 12.8. The van der Waals surface area contributed by atoms with Crippen molar-refractivity contribution in [3.05, 3.63) is 28.2 Å². The number of urea groups is 1. The molecule has 1 heterocycles. The van der Waals surface area contributed by atoms with Crippen molar-refractivity contribution in [2.24, 2.45) is 5.92 Å². The van der Waals surface area contributed by atoms with Crippen molar-refractivity contribution in [3.63, 3.8) is 0 Å². The number of hydrogen-bond acceptors (Lipinski definition) is 3. The van der Waals surface area contributed by atoms with Gasteiger partial charge in [-0.1, -0.05) is 36.5 Å². The number of carbonyl (C=O) groups is 3. The molecule has 2 fully saturated rings. The monoisotopic (exact) mass is 397 g/mol. The average molecular weight is 398 g/mol. The molecular formula is C18H21Cl2N3O3. The zero-order chi connectivity index (χ0) is 18.9. The fourth-order valence-electron chi connectivity index (χ4n) is 3.66. The molecule has 8 heteroatoms. The number of amides is 4. The van der Waals surface area contributed by atoms with Gasteiger partial charge in [-0.05, 0) is 49.8 Å². The van der Waals surface area contributed by atoms with Crippen LogP contribution >= 0.6 is 23.2 Å². The first-order chi connectivity index (χ1) is 12.3. The van der Waals surface area contributed by atoms with Crippen LogP contribution in [0, 0.1) is 5.92 Å². The molecule has 1 aliphatic carbocycles. The third kappa shape index (κ3) is 3.67. The number of hydrogen-bond donors (Lipinski definition) is 2. The predicted molar refractivity (Wildman–Crippen MR) is 100 cm³/mol. The van der Waals surface area contributed by atoms with Crippen LogP contribution in [-0.2, 0) is 9.59 Å². The van der Waals surface area contributed by atoms with Crippen molar-refractivity contribution in [1.29, 1.82) is 0 Å². The SMILES string of the molecule is CCC1CCC2(CC1)NC(=O)N(CC(=O)Nc1ccc(Cl)cc1Cl)C2=O. The van der Waals surface area contributed by atoms with Gasteiger partial charge in [0.1, 0.15) is 12.1 Å². The number of nitrogens with zero attached hydrogens (tertiary/aromatic N) is 1. The van der Waals surface area contributed by atoms with E-state index in [0.29, 0.717) is 29.5 Å². The number of carbonyl (C=O) groups excluding carboxylic acids is 3. The van der Waals surface area contributed by atoms with Crippen molar-refractivity contribution < 1.29 is 14.4 Å². The van der Waals surface area contributed by atoms with E-state index in [1.165, 1.54) is 6.07 Å². The molecule has 6 nitrogen and oxygen atoms in total. The topological polar surface area (TPSA) is 78.5 Å². The Labute approximate surface area is 162 Å². The van der Waals surface area contributed by atoms with E-state index in [1.807, 2.05) is 0 Å². The van der Waals surface area contributed by atoms with Gasteiger partial charge in [0.25, 0.3) is 5.91 Å². The molecule has 2 aliphatic rings. The van der Waals surface area contributed by atoms with Crippen molar-refractivity contribution in [2.45, 2.75) is 44.6 Å². The fraction of sp³-hybridized carbons (Fsp3) is 0.500. The van der Waals surface area contributed by atoms with Crippen LogP contribution in [0.2, 0.25) is 10.0 Å². The minimum atomic E-state index is -0.846. The Hall–Kier alpha value is -1.79. The van der Waals surface area contributed by atoms with E-state index in [9.17, 15) is 14.4 Å². The van der Waals surface area contributed by atoms with E-state index in [2.05, 4.69) is 17.6 Å². The lowest BCUT2D eigenvalue weighted by molar-refractivity contribution is -0.135. The number of halogens is 2. The molecule has 1 aromatic carbocycles. The van der Waals surface area contributed by atoms with Crippen LogP contribution in [0.4, 0.5) is 10.5 Å². The lowest BCUT2D eigenvalue weighted by atomic mass is 9.75. The van der Waals surface area contributed by atoms with Crippen molar-refractivity contribution >= 4 is 46.7 Å². The van der Waals surface area contributed by atoms with Crippen LogP contribution in [0.3, 0.4) is 0 Å². The van der Waals surface area contributed by atoms with Gasteiger partial charge in [0.2, 0.25) is 5.91 Å². The van der Waals surface area contributed by atoms with Gasteiger partial charge in [0.05, 0.1) is 10.7 Å². The van der Waals surface area contributed by atoms with Gasteiger partial charge in [-0.25, -0.2) is 4.79 Å². The fourth-order valence-corrected chi connectivity index (χ4v) is 4.12. The Morgan fingerprint density at radius 2 is 2.00 bits per heavy atom. The highest BCUT2D eigenvalue weighted by Crippen LogP contribution is 2.37. The van der Waals surface area contributed by atoms with Crippen LogP contribution < -0.4 is 10.6 Å². The van der Waals surface area contributed by atoms with E-state index in [1.54, 1.807) is 12.1 Å². The Balaban J connectivity index is 1.65. The van der Waals surface area contributed by atoms with Gasteiger partial charge >= 0.3 is 6.03 Å². The predicted octanol–water partition coefficient (Wildman–Crippen LogP) is 3.82. The highest BCUT2D eigenvalue weighted by molar-refractivity contribution is 6.36.